The van der Waals surface area contributed by atoms with Gasteiger partial charge < -0.3 is 19.1 Å². The number of aromatic nitrogens is 1. The summed E-state index contributed by atoms with van der Waals surface area (Å²) in [7, 11) is 1.97. The molecular formula is C21H31N3O3. The van der Waals surface area contributed by atoms with Crippen molar-refractivity contribution in [2.24, 2.45) is 12.5 Å². The molecule has 6 heteroatoms. The van der Waals surface area contributed by atoms with Crippen molar-refractivity contribution >= 4 is 11.8 Å². The first-order chi connectivity index (χ1) is 13.0. The van der Waals surface area contributed by atoms with Crippen molar-refractivity contribution in [1.82, 2.24) is 14.4 Å². The summed E-state index contributed by atoms with van der Waals surface area (Å²) in [5.74, 6) is 0.417. The highest BCUT2D eigenvalue weighted by Crippen LogP contribution is 2.40. The van der Waals surface area contributed by atoms with Gasteiger partial charge in [-0.15, -0.1) is 0 Å². The molecule has 0 bridgehead atoms. The molecule has 0 aromatic carbocycles. The van der Waals surface area contributed by atoms with E-state index in [0.29, 0.717) is 6.42 Å². The molecule has 0 N–H and O–H groups in total. The Hall–Kier alpha value is -1.82. The van der Waals surface area contributed by atoms with Crippen LogP contribution in [0.15, 0.2) is 12.3 Å². The second-order valence-electron chi connectivity index (χ2n) is 8.63. The zero-order valence-corrected chi connectivity index (χ0v) is 16.6. The molecule has 2 amide bonds. The molecule has 0 saturated carbocycles. The van der Waals surface area contributed by atoms with E-state index in [-0.39, 0.29) is 23.3 Å². The molecule has 1 aromatic rings. The van der Waals surface area contributed by atoms with E-state index in [1.807, 2.05) is 40.6 Å². The Balaban J connectivity index is 1.38. The molecule has 1 spiro atoms. The van der Waals surface area contributed by atoms with Crippen molar-refractivity contribution in [2.45, 2.75) is 51.6 Å². The SMILES string of the molecule is Cc1c(C(=O)N2CCC3(CCC(=O)N(CC4CCCO4)C3)CC2)ccn1C. The maximum Gasteiger partial charge on any atom is 0.255 e. The molecule has 1 aromatic heterocycles. The Labute approximate surface area is 161 Å². The third kappa shape index (κ3) is 3.64. The average Bonchev–Trinajstić information content (AvgIpc) is 3.29. The fourth-order valence-corrected chi connectivity index (χ4v) is 4.90. The second kappa shape index (κ2) is 7.30. The molecule has 1 unspecified atom stereocenters. The van der Waals surface area contributed by atoms with Gasteiger partial charge in [0.1, 0.15) is 0 Å². The monoisotopic (exact) mass is 373 g/mol. The summed E-state index contributed by atoms with van der Waals surface area (Å²) in [6.07, 6.45) is 7.90. The summed E-state index contributed by atoms with van der Waals surface area (Å²) in [5.41, 5.74) is 2.01. The third-order valence-corrected chi connectivity index (χ3v) is 6.92. The highest BCUT2D eigenvalue weighted by molar-refractivity contribution is 5.95. The van der Waals surface area contributed by atoms with Crippen molar-refractivity contribution < 1.29 is 14.3 Å². The first-order valence-corrected chi connectivity index (χ1v) is 10.3. The maximum atomic E-state index is 12.9. The normalized spacial score (nSPS) is 25.4. The van der Waals surface area contributed by atoms with Crippen LogP contribution in [0.25, 0.3) is 0 Å². The molecule has 4 rings (SSSR count). The summed E-state index contributed by atoms with van der Waals surface area (Å²) in [6, 6.07) is 1.92. The van der Waals surface area contributed by atoms with Gasteiger partial charge in [-0.2, -0.15) is 0 Å². The predicted molar refractivity (Wildman–Crippen MR) is 103 cm³/mol. The molecule has 148 valence electrons. The van der Waals surface area contributed by atoms with Crippen molar-refractivity contribution in [3.63, 3.8) is 0 Å². The molecule has 3 aliphatic rings. The molecule has 1 atom stereocenters. The van der Waals surface area contributed by atoms with Crippen LogP contribution in [0.2, 0.25) is 0 Å². The summed E-state index contributed by atoms with van der Waals surface area (Å²) in [6.45, 7) is 5.97. The standard InChI is InChI=1S/C21H31N3O3/c1-16-18(6-10-22(16)2)20(26)23-11-8-21(9-12-23)7-5-19(25)24(15-21)14-17-4-3-13-27-17/h6,10,17H,3-5,7-9,11-15H2,1-2H3. The number of likely N-dealkylation sites (tertiary alicyclic amines) is 2. The number of rotatable bonds is 3. The van der Waals surface area contributed by atoms with Crippen LogP contribution in [0.4, 0.5) is 0 Å². The van der Waals surface area contributed by atoms with E-state index in [1.54, 1.807) is 0 Å². The van der Waals surface area contributed by atoms with E-state index >= 15 is 0 Å². The Bertz CT molecular complexity index is 712. The first kappa shape index (κ1) is 18.5. The molecule has 3 saturated heterocycles. The van der Waals surface area contributed by atoms with E-state index in [4.69, 9.17) is 4.74 Å². The van der Waals surface area contributed by atoms with Crippen molar-refractivity contribution in [1.29, 1.82) is 0 Å². The van der Waals surface area contributed by atoms with Crippen LogP contribution in [0.1, 0.15) is 54.6 Å². The molecular weight excluding hydrogens is 342 g/mol. The van der Waals surface area contributed by atoms with Crippen LogP contribution in [0.5, 0.6) is 0 Å². The quantitative estimate of drug-likeness (QED) is 0.817. The predicted octanol–water partition coefficient (Wildman–Crippen LogP) is 2.36. The van der Waals surface area contributed by atoms with Gasteiger partial charge in [-0.25, -0.2) is 0 Å². The van der Waals surface area contributed by atoms with Crippen LogP contribution >= 0.6 is 0 Å². The van der Waals surface area contributed by atoms with Gasteiger partial charge in [-0.05, 0) is 50.5 Å². The van der Waals surface area contributed by atoms with Crippen LogP contribution in [0, 0.1) is 12.3 Å². The number of nitrogens with zero attached hydrogens (tertiary/aromatic N) is 3. The molecule has 0 aliphatic carbocycles. The molecule has 0 radical (unpaired) electrons. The summed E-state index contributed by atoms with van der Waals surface area (Å²) >= 11 is 0. The van der Waals surface area contributed by atoms with Crippen molar-refractivity contribution in [2.75, 3.05) is 32.8 Å². The number of aryl methyl sites for hydroxylation is 1. The van der Waals surface area contributed by atoms with E-state index < -0.39 is 0 Å². The number of ether oxygens (including phenoxy) is 1. The Kier molecular flexibility index (Phi) is 5.01. The van der Waals surface area contributed by atoms with Gasteiger partial charge in [-0.1, -0.05) is 0 Å². The smallest absolute Gasteiger partial charge is 0.255 e. The number of carbonyl (C=O) groups excluding carboxylic acids is 2. The minimum atomic E-state index is 0.144. The highest BCUT2D eigenvalue weighted by Gasteiger charge is 2.42. The fraction of sp³-hybridized carbons (Fsp3) is 0.714. The summed E-state index contributed by atoms with van der Waals surface area (Å²) in [4.78, 5) is 29.3. The lowest BCUT2D eigenvalue weighted by Crippen LogP contribution is -2.53. The van der Waals surface area contributed by atoms with Crippen LogP contribution in [-0.4, -0.2) is 65.1 Å². The van der Waals surface area contributed by atoms with Gasteiger partial charge in [0, 0.05) is 58.1 Å². The van der Waals surface area contributed by atoms with Gasteiger partial charge in [0.15, 0.2) is 0 Å². The van der Waals surface area contributed by atoms with Crippen LogP contribution in [-0.2, 0) is 16.6 Å². The third-order valence-electron chi connectivity index (χ3n) is 6.92. The summed E-state index contributed by atoms with van der Waals surface area (Å²) in [5, 5.41) is 0. The van der Waals surface area contributed by atoms with Crippen molar-refractivity contribution in [3.05, 3.63) is 23.5 Å². The summed E-state index contributed by atoms with van der Waals surface area (Å²) < 4.78 is 7.74. The second-order valence-corrected chi connectivity index (χ2v) is 8.63. The first-order valence-electron chi connectivity index (χ1n) is 10.3. The van der Waals surface area contributed by atoms with Gasteiger partial charge in [0.2, 0.25) is 5.91 Å². The number of hydrogen-bond donors (Lipinski definition) is 0. The molecule has 3 aliphatic heterocycles. The van der Waals surface area contributed by atoms with Crippen LogP contribution in [0.3, 0.4) is 0 Å². The molecule has 27 heavy (non-hydrogen) atoms. The van der Waals surface area contributed by atoms with Gasteiger partial charge >= 0.3 is 0 Å². The lowest BCUT2D eigenvalue weighted by molar-refractivity contribution is -0.141. The van der Waals surface area contributed by atoms with Gasteiger partial charge in [0.25, 0.3) is 5.91 Å². The molecule has 3 fully saturated rings. The number of carbonyl (C=O) groups is 2. The van der Waals surface area contributed by atoms with E-state index in [2.05, 4.69) is 0 Å². The fourth-order valence-electron chi connectivity index (χ4n) is 4.90. The van der Waals surface area contributed by atoms with E-state index in [1.165, 1.54) is 0 Å². The lowest BCUT2D eigenvalue weighted by Gasteiger charge is -2.47. The highest BCUT2D eigenvalue weighted by atomic mass is 16.5. The minimum absolute atomic E-state index is 0.144. The minimum Gasteiger partial charge on any atom is -0.376 e. The maximum absolute atomic E-state index is 12.9. The zero-order valence-electron chi connectivity index (χ0n) is 16.6. The number of hydrogen-bond acceptors (Lipinski definition) is 3. The average molecular weight is 373 g/mol. The largest absolute Gasteiger partial charge is 0.376 e. The number of piperidine rings is 2. The van der Waals surface area contributed by atoms with Gasteiger partial charge in [0.05, 0.1) is 11.7 Å². The lowest BCUT2D eigenvalue weighted by atomic mass is 9.72. The zero-order chi connectivity index (χ0) is 19.0. The molecule has 6 nitrogen and oxygen atoms in total. The Morgan fingerprint density at radius 3 is 2.70 bits per heavy atom. The van der Waals surface area contributed by atoms with E-state index in [9.17, 15) is 9.59 Å². The number of amides is 2. The van der Waals surface area contributed by atoms with Crippen LogP contribution < -0.4 is 0 Å². The van der Waals surface area contributed by atoms with Gasteiger partial charge in [-0.3, -0.25) is 9.59 Å². The Morgan fingerprint density at radius 2 is 2.07 bits per heavy atom. The molecule has 4 heterocycles. The van der Waals surface area contributed by atoms with Crippen molar-refractivity contribution in [3.8, 4) is 0 Å². The van der Waals surface area contributed by atoms with E-state index in [0.717, 1.165) is 76.1 Å². The Morgan fingerprint density at radius 1 is 1.30 bits per heavy atom. The topological polar surface area (TPSA) is 54.8 Å².